The number of aryl methyl sites for hydroxylation is 1. The van der Waals surface area contributed by atoms with Gasteiger partial charge < -0.3 is 9.47 Å². The van der Waals surface area contributed by atoms with Gasteiger partial charge in [0.15, 0.2) is 5.78 Å². The molecule has 1 aromatic rings. The molecule has 106 valence electrons. The monoisotopic (exact) mass is 264 g/mol. The van der Waals surface area contributed by atoms with Gasteiger partial charge in [-0.1, -0.05) is 39.8 Å². The molecule has 0 aromatic heterocycles. The fourth-order valence-corrected chi connectivity index (χ4v) is 1.87. The van der Waals surface area contributed by atoms with Gasteiger partial charge in [0.05, 0.1) is 0 Å². The molecule has 1 rings (SSSR count). The number of benzene rings is 1. The second kappa shape index (κ2) is 6.71. The largest absolute Gasteiger partial charge is 0.485 e. The molecule has 0 aliphatic rings. The van der Waals surface area contributed by atoms with E-state index in [-0.39, 0.29) is 24.4 Å². The van der Waals surface area contributed by atoms with E-state index in [0.717, 1.165) is 17.7 Å². The molecule has 0 atom stereocenters. The first-order valence-corrected chi connectivity index (χ1v) is 6.65. The molecule has 0 N–H and O–H groups in total. The zero-order valence-corrected chi connectivity index (χ0v) is 12.6. The molecule has 0 radical (unpaired) electrons. The van der Waals surface area contributed by atoms with Crippen molar-refractivity contribution in [3.8, 4) is 5.75 Å². The SMILES string of the molecule is CCc1ccc(OCC(=O)COC)c(C(C)(C)C)c1. The summed E-state index contributed by atoms with van der Waals surface area (Å²) in [6, 6.07) is 6.17. The number of ether oxygens (including phenoxy) is 2. The number of carbonyl (C=O) groups is 1. The van der Waals surface area contributed by atoms with Gasteiger partial charge in [0.25, 0.3) is 0 Å². The van der Waals surface area contributed by atoms with Gasteiger partial charge in [0.1, 0.15) is 19.0 Å². The molecule has 0 heterocycles. The summed E-state index contributed by atoms with van der Waals surface area (Å²) in [5, 5.41) is 0. The van der Waals surface area contributed by atoms with E-state index in [1.165, 1.54) is 12.7 Å². The molecular weight excluding hydrogens is 240 g/mol. The van der Waals surface area contributed by atoms with Gasteiger partial charge >= 0.3 is 0 Å². The molecule has 0 bridgehead atoms. The quantitative estimate of drug-likeness (QED) is 0.792. The minimum absolute atomic E-state index is 0.00911. The average molecular weight is 264 g/mol. The van der Waals surface area contributed by atoms with Crippen LogP contribution in [0.25, 0.3) is 0 Å². The van der Waals surface area contributed by atoms with E-state index >= 15 is 0 Å². The van der Waals surface area contributed by atoms with Crippen molar-refractivity contribution in [2.45, 2.75) is 39.5 Å². The smallest absolute Gasteiger partial charge is 0.195 e. The minimum Gasteiger partial charge on any atom is -0.485 e. The molecular formula is C16H24O3. The highest BCUT2D eigenvalue weighted by atomic mass is 16.5. The summed E-state index contributed by atoms with van der Waals surface area (Å²) in [5.74, 6) is 0.732. The fourth-order valence-electron chi connectivity index (χ4n) is 1.87. The lowest BCUT2D eigenvalue weighted by molar-refractivity contribution is -0.124. The maximum absolute atomic E-state index is 11.5. The molecule has 0 aliphatic carbocycles. The van der Waals surface area contributed by atoms with Gasteiger partial charge in [-0.05, 0) is 29.0 Å². The van der Waals surface area contributed by atoms with Crippen LogP contribution in [0.3, 0.4) is 0 Å². The van der Waals surface area contributed by atoms with E-state index in [1.807, 2.05) is 12.1 Å². The predicted molar refractivity (Wildman–Crippen MR) is 76.9 cm³/mol. The number of carbonyl (C=O) groups excluding carboxylic acids is 1. The summed E-state index contributed by atoms with van der Waals surface area (Å²) < 4.78 is 10.4. The Labute approximate surface area is 115 Å². The van der Waals surface area contributed by atoms with Crippen molar-refractivity contribution < 1.29 is 14.3 Å². The topological polar surface area (TPSA) is 35.5 Å². The highest BCUT2D eigenvalue weighted by Crippen LogP contribution is 2.32. The van der Waals surface area contributed by atoms with Crippen LogP contribution in [0.2, 0.25) is 0 Å². The van der Waals surface area contributed by atoms with Crippen LogP contribution >= 0.6 is 0 Å². The molecule has 1 aromatic carbocycles. The van der Waals surface area contributed by atoms with Crippen LogP contribution < -0.4 is 4.74 Å². The van der Waals surface area contributed by atoms with E-state index in [0.29, 0.717) is 0 Å². The number of Topliss-reactive ketones (excluding diaryl/α,β-unsaturated/α-hetero) is 1. The third kappa shape index (κ3) is 4.67. The molecule has 0 amide bonds. The van der Waals surface area contributed by atoms with E-state index in [2.05, 4.69) is 33.8 Å². The van der Waals surface area contributed by atoms with Crippen LogP contribution in [-0.4, -0.2) is 26.1 Å². The summed E-state index contributed by atoms with van der Waals surface area (Å²) in [7, 11) is 1.51. The first kappa shape index (κ1) is 15.7. The Morgan fingerprint density at radius 1 is 1.21 bits per heavy atom. The predicted octanol–water partition coefficient (Wildman–Crippen LogP) is 3.14. The number of methoxy groups -OCH3 is 1. The number of hydrogen-bond donors (Lipinski definition) is 0. The molecule has 0 fully saturated rings. The summed E-state index contributed by atoms with van der Waals surface area (Å²) in [6.45, 7) is 8.72. The summed E-state index contributed by atoms with van der Waals surface area (Å²) >= 11 is 0. The number of ketones is 1. The Balaban J connectivity index is 2.91. The normalized spacial score (nSPS) is 11.4. The Bertz CT molecular complexity index is 430. The third-order valence-corrected chi connectivity index (χ3v) is 2.95. The highest BCUT2D eigenvalue weighted by Gasteiger charge is 2.19. The lowest BCUT2D eigenvalue weighted by Crippen LogP contribution is -2.19. The van der Waals surface area contributed by atoms with Crippen LogP contribution in [0.1, 0.15) is 38.8 Å². The first-order valence-electron chi connectivity index (χ1n) is 6.65. The molecule has 0 unspecified atom stereocenters. The Kier molecular flexibility index (Phi) is 5.55. The Morgan fingerprint density at radius 2 is 1.89 bits per heavy atom. The van der Waals surface area contributed by atoms with Gasteiger partial charge in [0, 0.05) is 7.11 Å². The van der Waals surface area contributed by atoms with Crippen molar-refractivity contribution in [3.63, 3.8) is 0 Å². The zero-order valence-electron chi connectivity index (χ0n) is 12.6. The van der Waals surface area contributed by atoms with Crippen molar-refractivity contribution in [3.05, 3.63) is 29.3 Å². The van der Waals surface area contributed by atoms with Crippen molar-refractivity contribution in [2.24, 2.45) is 0 Å². The standard InChI is InChI=1S/C16H24O3/c1-6-12-7-8-15(14(9-12)16(2,3)4)19-11-13(17)10-18-5/h7-9H,6,10-11H2,1-5H3. The molecule has 0 spiro atoms. The molecule has 0 saturated heterocycles. The average Bonchev–Trinajstić information content (AvgIpc) is 2.35. The summed E-state index contributed by atoms with van der Waals surface area (Å²) in [5.41, 5.74) is 2.41. The first-order chi connectivity index (χ1) is 8.88. The van der Waals surface area contributed by atoms with Crippen molar-refractivity contribution in [2.75, 3.05) is 20.3 Å². The van der Waals surface area contributed by atoms with Crippen LogP contribution in [0.4, 0.5) is 0 Å². The van der Waals surface area contributed by atoms with Crippen molar-refractivity contribution in [1.82, 2.24) is 0 Å². The molecule has 3 heteroatoms. The van der Waals surface area contributed by atoms with Crippen LogP contribution in [0, 0.1) is 0 Å². The zero-order chi connectivity index (χ0) is 14.5. The second-order valence-electron chi connectivity index (χ2n) is 5.69. The van der Waals surface area contributed by atoms with Crippen molar-refractivity contribution >= 4 is 5.78 Å². The second-order valence-corrected chi connectivity index (χ2v) is 5.69. The molecule has 19 heavy (non-hydrogen) atoms. The maximum atomic E-state index is 11.5. The van der Waals surface area contributed by atoms with Crippen LogP contribution in [0.15, 0.2) is 18.2 Å². The van der Waals surface area contributed by atoms with Gasteiger partial charge in [-0.2, -0.15) is 0 Å². The Hall–Kier alpha value is -1.35. The van der Waals surface area contributed by atoms with E-state index in [1.54, 1.807) is 0 Å². The Morgan fingerprint density at radius 3 is 2.42 bits per heavy atom. The van der Waals surface area contributed by atoms with Gasteiger partial charge in [-0.15, -0.1) is 0 Å². The molecule has 0 saturated carbocycles. The lowest BCUT2D eigenvalue weighted by Gasteiger charge is -2.23. The lowest BCUT2D eigenvalue weighted by atomic mass is 9.85. The summed E-state index contributed by atoms with van der Waals surface area (Å²) in [6.07, 6.45) is 0.992. The van der Waals surface area contributed by atoms with E-state index in [9.17, 15) is 4.79 Å². The van der Waals surface area contributed by atoms with Gasteiger partial charge in [-0.3, -0.25) is 4.79 Å². The van der Waals surface area contributed by atoms with Crippen LogP contribution in [0.5, 0.6) is 5.75 Å². The van der Waals surface area contributed by atoms with Gasteiger partial charge in [0.2, 0.25) is 0 Å². The number of hydrogen-bond acceptors (Lipinski definition) is 3. The minimum atomic E-state index is -0.0538. The van der Waals surface area contributed by atoms with E-state index < -0.39 is 0 Å². The van der Waals surface area contributed by atoms with E-state index in [4.69, 9.17) is 9.47 Å². The van der Waals surface area contributed by atoms with Gasteiger partial charge in [-0.25, -0.2) is 0 Å². The van der Waals surface area contributed by atoms with Crippen molar-refractivity contribution in [1.29, 1.82) is 0 Å². The third-order valence-electron chi connectivity index (χ3n) is 2.95. The highest BCUT2D eigenvalue weighted by molar-refractivity contribution is 5.81. The number of rotatable bonds is 6. The fraction of sp³-hybridized carbons (Fsp3) is 0.562. The van der Waals surface area contributed by atoms with Crippen LogP contribution in [-0.2, 0) is 21.4 Å². The molecule has 0 aliphatic heterocycles. The maximum Gasteiger partial charge on any atom is 0.195 e. The molecule has 3 nitrogen and oxygen atoms in total. The summed E-state index contributed by atoms with van der Waals surface area (Å²) in [4.78, 5) is 11.5.